The Bertz CT molecular complexity index is 1690. The van der Waals surface area contributed by atoms with Crippen molar-refractivity contribution in [3.8, 4) is 0 Å². The van der Waals surface area contributed by atoms with Crippen LogP contribution in [0.2, 0.25) is 40.2 Å². The third-order valence-corrected chi connectivity index (χ3v) is 10.4. The molecule has 0 saturated carbocycles. The average Bonchev–Trinajstić information content (AvgIpc) is 3.05. The molecule has 0 aliphatic carbocycles. The summed E-state index contributed by atoms with van der Waals surface area (Å²) >= 11 is 47.8. The van der Waals surface area contributed by atoms with E-state index in [-0.39, 0.29) is 15.7 Å². The Morgan fingerprint density at radius 2 is 0.980 bits per heavy atom. The number of anilines is 1. The Morgan fingerprint density at radius 3 is 1.39 bits per heavy atom. The molecule has 4 rings (SSSR count). The fourth-order valence-corrected chi connectivity index (χ4v) is 6.56. The van der Waals surface area contributed by atoms with E-state index in [2.05, 4.69) is 29.5 Å². The van der Waals surface area contributed by atoms with Crippen molar-refractivity contribution in [1.29, 1.82) is 0 Å². The summed E-state index contributed by atoms with van der Waals surface area (Å²) in [4.78, 5) is 9.96. The first-order chi connectivity index (χ1) is 23.8. The van der Waals surface area contributed by atoms with Crippen LogP contribution in [0, 0.1) is 13.7 Å². The summed E-state index contributed by atoms with van der Waals surface area (Å²) in [5.74, 6) is 0. The summed E-state index contributed by atoms with van der Waals surface area (Å²) in [6.07, 6.45) is 3.21. The summed E-state index contributed by atoms with van der Waals surface area (Å²) in [6.45, 7) is 7.90. The molecule has 0 bridgehead atoms. The number of hydrogen-bond donors (Lipinski definition) is 3. The zero-order chi connectivity index (χ0) is 39.6. The maximum atomic E-state index is 10.5. The number of aryl methyl sites for hydroxylation is 4. The molecule has 278 valence electrons. The number of nitrogen functional groups attached to an aromatic ring is 1. The van der Waals surface area contributed by atoms with E-state index in [9.17, 15) is 10.1 Å². The van der Waals surface area contributed by atoms with Crippen LogP contribution in [0.4, 0.5) is 11.4 Å². The van der Waals surface area contributed by atoms with E-state index < -0.39 is 30.9 Å². The topological polar surface area (TPSA) is 110 Å². The number of nitrogens with zero attached hydrogens (tertiary/aromatic N) is 1. The second-order valence-corrected chi connectivity index (χ2v) is 18.5. The van der Waals surface area contributed by atoms with E-state index in [1.807, 2.05) is 32.9 Å². The van der Waals surface area contributed by atoms with Gasteiger partial charge in [-0.1, -0.05) is 127 Å². The zero-order valence-corrected chi connectivity index (χ0v) is 40.0. The minimum absolute atomic E-state index is 0.0761. The number of nitrogens with two attached hydrogens (primary N) is 1. The molecule has 0 aliphatic heterocycles. The van der Waals surface area contributed by atoms with Crippen LogP contribution < -0.4 is 11.2 Å². The number of nitro groups is 1. The molecule has 2 radical (unpaired) electrons. The van der Waals surface area contributed by atoms with Crippen LogP contribution in [0.1, 0.15) is 49.9 Å². The van der Waals surface area contributed by atoms with Crippen molar-refractivity contribution < 1.29 is 15.0 Å². The Labute approximate surface area is 370 Å². The van der Waals surface area contributed by atoms with Crippen LogP contribution in [0.15, 0.2) is 48.5 Å². The van der Waals surface area contributed by atoms with E-state index in [1.54, 1.807) is 18.2 Å². The number of nitro benzene ring substituents is 1. The molecule has 4 aromatic rings. The molecule has 0 amide bonds. The standard InChI is InChI=1S/C8H9BCl2O2.C8H7Cl2I.C8H7Cl2NO2.C8H9Cl2N.2ClH.Sn/c1-2-5-3-6(9(12)13)8(11)4-7(5)10;1-2-5-3-8(11)7(10)4-6(5)9;1-2-5-3-8(11(12)13)7(10)4-6(5)9;1-2-5-3-8(11)7(10)4-6(5)9;;;/h3-4,12-13H,2H2,1H3;3-4H,2H2,1H3;3-4H,2H2,1H3;3-4H,2,11H2,1H3;2*1H;/q;;;;;;+2/p-2. The van der Waals surface area contributed by atoms with Crippen molar-refractivity contribution in [3.05, 3.63) is 125 Å². The molecule has 0 saturated heterocycles. The summed E-state index contributed by atoms with van der Waals surface area (Å²) in [5.41, 5.74) is 10.1. The minimum atomic E-state index is -1.55. The first-order valence-electron chi connectivity index (χ1n) is 14.6. The fourth-order valence-electron chi connectivity index (χ4n) is 3.79. The van der Waals surface area contributed by atoms with Gasteiger partial charge in [0.15, 0.2) is 0 Å². The van der Waals surface area contributed by atoms with Crippen molar-refractivity contribution >= 4 is 176 Å². The molecule has 4 aromatic carbocycles. The van der Waals surface area contributed by atoms with Gasteiger partial charge in [-0.15, -0.1) is 0 Å². The summed E-state index contributed by atoms with van der Waals surface area (Å²) in [6, 6.07) is 13.2. The molecule has 19 heteroatoms. The molecule has 0 aromatic heterocycles. The SMILES string of the molecule is CCc1cc(B(O)O)c(Cl)cc1Cl.CCc1cc(I)c(Cl)cc1Cl.CCc1cc(N)c(Cl)cc1Cl.CCc1cc([N+](=O)[O-])c(Cl)cc1Cl.[Cl][Sn][Cl]. The third-order valence-electron chi connectivity index (χ3n) is 6.54. The quantitative estimate of drug-likeness (QED) is 0.0445. The molecular formula is C32H32BCl10IN2O4Sn. The van der Waals surface area contributed by atoms with Gasteiger partial charge in [0.25, 0.3) is 5.69 Å². The molecule has 0 atom stereocenters. The van der Waals surface area contributed by atoms with E-state index in [0.717, 1.165) is 55.1 Å². The number of hydrogen-bond acceptors (Lipinski definition) is 5. The van der Waals surface area contributed by atoms with Gasteiger partial charge >= 0.3 is 43.8 Å². The van der Waals surface area contributed by atoms with E-state index in [4.69, 9.17) is 126 Å². The summed E-state index contributed by atoms with van der Waals surface area (Å²) < 4.78 is 1.06. The maximum absolute atomic E-state index is 10.5. The van der Waals surface area contributed by atoms with Crippen LogP contribution >= 0.6 is 133 Å². The summed E-state index contributed by atoms with van der Waals surface area (Å²) in [5, 5.41) is 32.4. The Balaban J connectivity index is 0.000000638. The number of benzene rings is 4. The van der Waals surface area contributed by atoms with Gasteiger partial charge in [-0.3, -0.25) is 10.1 Å². The van der Waals surface area contributed by atoms with Crippen LogP contribution in [0.25, 0.3) is 0 Å². The van der Waals surface area contributed by atoms with Gasteiger partial charge in [0.05, 0.1) is 20.7 Å². The zero-order valence-electron chi connectivity index (χ0n) is 27.4. The van der Waals surface area contributed by atoms with Crippen LogP contribution in [0.3, 0.4) is 0 Å². The van der Waals surface area contributed by atoms with Gasteiger partial charge in [-0.25, -0.2) is 0 Å². The molecular weight excluding hydrogens is 1090 g/mol. The molecule has 0 fully saturated rings. The predicted molar refractivity (Wildman–Crippen MR) is 234 cm³/mol. The van der Waals surface area contributed by atoms with Crippen LogP contribution in [0.5, 0.6) is 0 Å². The van der Waals surface area contributed by atoms with Crippen LogP contribution in [-0.4, -0.2) is 41.0 Å². The van der Waals surface area contributed by atoms with Crippen molar-refractivity contribution in [1.82, 2.24) is 0 Å². The van der Waals surface area contributed by atoms with Gasteiger partial charge in [0, 0.05) is 40.2 Å². The van der Waals surface area contributed by atoms with Crippen molar-refractivity contribution in [2.75, 3.05) is 5.73 Å². The molecule has 0 spiro atoms. The van der Waals surface area contributed by atoms with E-state index in [0.29, 0.717) is 37.7 Å². The summed E-state index contributed by atoms with van der Waals surface area (Å²) in [7, 11) is 8.32. The van der Waals surface area contributed by atoms with Gasteiger partial charge < -0.3 is 15.8 Å². The average molecular weight is 1120 g/mol. The first kappa shape index (κ1) is 51.5. The molecule has 4 N–H and O–H groups in total. The number of halogens is 11. The third kappa shape index (κ3) is 18.3. The predicted octanol–water partition coefficient (Wildman–Crippen LogP) is 13.0. The number of rotatable bonds is 6. The van der Waals surface area contributed by atoms with Crippen molar-refractivity contribution in [3.63, 3.8) is 0 Å². The Hall–Kier alpha value is 0.494. The Morgan fingerprint density at radius 1 is 0.627 bits per heavy atom. The Kier molecular flexibility index (Phi) is 27.4. The second kappa shape index (κ2) is 27.2. The van der Waals surface area contributed by atoms with Gasteiger partial charge in [-0.05, 0) is 107 Å². The van der Waals surface area contributed by atoms with Gasteiger partial charge in [0.2, 0.25) is 0 Å². The molecule has 6 nitrogen and oxygen atoms in total. The van der Waals surface area contributed by atoms with E-state index in [1.165, 1.54) is 18.2 Å². The molecule has 0 heterocycles. The molecule has 51 heavy (non-hydrogen) atoms. The van der Waals surface area contributed by atoms with Crippen molar-refractivity contribution in [2.45, 2.75) is 53.4 Å². The van der Waals surface area contributed by atoms with Crippen LogP contribution in [-0.2, 0) is 25.7 Å². The molecule has 0 aliphatic rings. The normalized spacial score (nSPS) is 9.90. The van der Waals surface area contributed by atoms with Gasteiger partial charge in [-0.2, -0.15) is 0 Å². The van der Waals surface area contributed by atoms with E-state index >= 15 is 0 Å². The monoisotopic (exact) mass is 1120 g/mol. The fraction of sp³-hybridized carbons (Fsp3) is 0.250. The first-order valence-corrected chi connectivity index (χ1v) is 26.0. The second-order valence-electron chi connectivity index (χ2n) is 9.80. The van der Waals surface area contributed by atoms with Gasteiger partial charge in [0.1, 0.15) is 5.02 Å². The van der Waals surface area contributed by atoms with Crippen molar-refractivity contribution in [2.24, 2.45) is 0 Å². The molecule has 0 unspecified atom stereocenters.